The number of para-hydroxylation sites is 1. The first-order valence-corrected chi connectivity index (χ1v) is 4.49. The number of hydrogen-bond donors (Lipinski definition) is 3. The zero-order valence-corrected chi connectivity index (χ0v) is 8.62. The summed E-state index contributed by atoms with van der Waals surface area (Å²) < 4.78 is 13.4. The molecule has 3 N–H and O–H groups in total. The van der Waals surface area contributed by atoms with Crippen molar-refractivity contribution in [2.24, 2.45) is 5.10 Å². The van der Waals surface area contributed by atoms with E-state index in [4.69, 9.17) is 5.41 Å². The molecule has 0 radical (unpaired) electrons. The Balaban J connectivity index is 3.08. The zero-order valence-electron chi connectivity index (χ0n) is 8.62. The van der Waals surface area contributed by atoms with Crippen LogP contribution in [0.3, 0.4) is 0 Å². The second-order valence-corrected chi connectivity index (χ2v) is 2.80. The molecule has 1 rings (SSSR count). The van der Waals surface area contributed by atoms with Crippen molar-refractivity contribution in [2.45, 2.75) is 0 Å². The third-order valence-corrected chi connectivity index (χ3v) is 1.81. The van der Waals surface area contributed by atoms with Crippen LogP contribution in [-0.4, -0.2) is 25.4 Å². The number of halogens is 1. The van der Waals surface area contributed by atoms with Crippen molar-refractivity contribution in [2.75, 3.05) is 12.5 Å². The summed E-state index contributed by atoms with van der Waals surface area (Å²) in [5, 5.41) is 12.7. The molecule has 0 atom stereocenters. The highest BCUT2D eigenvalue weighted by Crippen LogP contribution is 2.19. The molecule has 0 unspecified atom stereocenters. The number of hydrazone groups is 1. The van der Waals surface area contributed by atoms with Crippen LogP contribution in [0, 0.1) is 11.2 Å². The summed E-state index contributed by atoms with van der Waals surface area (Å²) in [7, 11) is 1.46. The molecule has 0 fully saturated rings. The minimum absolute atomic E-state index is 0.0139. The van der Waals surface area contributed by atoms with E-state index in [0.717, 1.165) is 12.4 Å². The van der Waals surface area contributed by atoms with Crippen molar-refractivity contribution in [3.05, 3.63) is 29.6 Å². The van der Waals surface area contributed by atoms with E-state index >= 15 is 0 Å². The van der Waals surface area contributed by atoms with Crippen LogP contribution >= 0.6 is 0 Å². The first kappa shape index (κ1) is 11.8. The van der Waals surface area contributed by atoms with E-state index in [1.54, 1.807) is 0 Å². The SMILES string of the molecule is CNC(=O)c1cccc(F)c1N/N=C\C=N. The van der Waals surface area contributed by atoms with Gasteiger partial charge in [0.15, 0.2) is 0 Å². The number of carbonyl (C=O) groups is 1. The summed E-state index contributed by atoms with van der Waals surface area (Å²) in [5.74, 6) is -0.990. The summed E-state index contributed by atoms with van der Waals surface area (Å²) in [4.78, 5) is 11.4. The average Bonchev–Trinajstić information content (AvgIpc) is 2.30. The molecule has 6 heteroatoms. The van der Waals surface area contributed by atoms with Gasteiger partial charge in [-0.15, -0.1) is 0 Å². The quantitative estimate of drug-likeness (QED) is 0.529. The molecule has 1 aromatic rings. The fourth-order valence-electron chi connectivity index (χ4n) is 1.10. The van der Waals surface area contributed by atoms with Gasteiger partial charge in [0.25, 0.3) is 5.91 Å². The summed E-state index contributed by atoms with van der Waals surface area (Å²) in [6, 6.07) is 4.13. The fourth-order valence-corrected chi connectivity index (χ4v) is 1.10. The summed E-state index contributed by atoms with van der Waals surface area (Å²) in [5.41, 5.74) is 2.52. The van der Waals surface area contributed by atoms with Gasteiger partial charge in [0.2, 0.25) is 0 Å². The topological polar surface area (TPSA) is 77.3 Å². The number of nitrogens with zero attached hydrogens (tertiary/aromatic N) is 1. The lowest BCUT2D eigenvalue weighted by atomic mass is 10.1. The Morgan fingerprint density at radius 3 is 2.94 bits per heavy atom. The summed E-state index contributed by atoms with van der Waals surface area (Å²) in [6.07, 6.45) is 2.08. The predicted octanol–water partition coefficient (Wildman–Crippen LogP) is 1.23. The molecule has 0 aliphatic rings. The van der Waals surface area contributed by atoms with Crippen molar-refractivity contribution in [1.82, 2.24) is 5.32 Å². The van der Waals surface area contributed by atoms with E-state index in [1.807, 2.05) is 0 Å². The van der Waals surface area contributed by atoms with Gasteiger partial charge in [-0.2, -0.15) is 5.10 Å². The summed E-state index contributed by atoms with van der Waals surface area (Å²) in [6.45, 7) is 0. The van der Waals surface area contributed by atoms with Gasteiger partial charge >= 0.3 is 0 Å². The van der Waals surface area contributed by atoms with Crippen LogP contribution in [-0.2, 0) is 0 Å². The maximum Gasteiger partial charge on any atom is 0.253 e. The molecular formula is C10H11FN4O. The Kier molecular flexibility index (Phi) is 4.14. The maximum absolute atomic E-state index is 13.4. The largest absolute Gasteiger partial charge is 0.355 e. The second kappa shape index (κ2) is 5.59. The molecule has 16 heavy (non-hydrogen) atoms. The van der Waals surface area contributed by atoms with Crippen LogP contribution in [0.15, 0.2) is 23.3 Å². The van der Waals surface area contributed by atoms with Gasteiger partial charge in [-0.1, -0.05) is 6.07 Å². The van der Waals surface area contributed by atoms with Gasteiger partial charge in [-0.3, -0.25) is 10.2 Å². The smallest absolute Gasteiger partial charge is 0.253 e. The van der Waals surface area contributed by atoms with Crippen molar-refractivity contribution < 1.29 is 9.18 Å². The number of benzene rings is 1. The lowest BCUT2D eigenvalue weighted by Gasteiger charge is -2.07. The molecule has 0 aliphatic carbocycles. The molecule has 0 saturated heterocycles. The Labute approximate surface area is 91.9 Å². The highest BCUT2D eigenvalue weighted by atomic mass is 19.1. The van der Waals surface area contributed by atoms with Crippen molar-refractivity contribution in [1.29, 1.82) is 5.41 Å². The van der Waals surface area contributed by atoms with Crippen molar-refractivity contribution >= 4 is 24.0 Å². The fraction of sp³-hybridized carbons (Fsp3) is 0.100. The number of amides is 1. The molecular weight excluding hydrogens is 211 g/mol. The lowest BCUT2D eigenvalue weighted by Crippen LogP contribution is -2.19. The van der Waals surface area contributed by atoms with Gasteiger partial charge in [0, 0.05) is 13.3 Å². The van der Waals surface area contributed by atoms with E-state index < -0.39 is 11.7 Å². The first-order chi connectivity index (χ1) is 7.70. The molecule has 5 nitrogen and oxygen atoms in total. The molecule has 0 saturated carbocycles. The van der Waals surface area contributed by atoms with E-state index in [9.17, 15) is 9.18 Å². The standard InChI is InChI=1S/C10H11FN4O/c1-13-10(16)7-3-2-4-8(11)9(7)15-14-6-5-12/h2-6,12,15H,1H3,(H,13,16)/b12-5?,14-6-. The monoisotopic (exact) mass is 222 g/mol. The van der Waals surface area contributed by atoms with E-state index in [1.165, 1.54) is 25.2 Å². The molecule has 84 valence electrons. The average molecular weight is 222 g/mol. The van der Waals surface area contributed by atoms with Crippen molar-refractivity contribution in [3.8, 4) is 0 Å². The highest BCUT2D eigenvalue weighted by Gasteiger charge is 2.13. The molecule has 1 amide bonds. The van der Waals surface area contributed by atoms with E-state index in [2.05, 4.69) is 15.8 Å². The number of hydrogen-bond acceptors (Lipinski definition) is 4. The van der Waals surface area contributed by atoms with Gasteiger partial charge in [-0.05, 0) is 12.1 Å². The number of rotatable bonds is 4. The molecule has 0 heterocycles. The van der Waals surface area contributed by atoms with Crippen LogP contribution in [0.25, 0.3) is 0 Å². The predicted molar refractivity (Wildman–Crippen MR) is 60.7 cm³/mol. The molecule has 1 aromatic carbocycles. The Hall–Kier alpha value is -2.24. The highest BCUT2D eigenvalue weighted by molar-refractivity contribution is 6.14. The van der Waals surface area contributed by atoms with Gasteiger partial charge < -0.3 is 10.7 Å². The molecule has 0 spiro atoms. The zero-order chi connectivity index (χ0) is 12.0. The molecule has 0 aliphatic heterocycles. The number of anilines is 1. The Morgan fingerprint density at radius 1 is 1.56 bits per heavy atom. The Bertz CT molecular complexity index is 431. The maximum atomic E-state index is 13.4. The Morgan fingerprint density at radius 2 is 2.31 bits per heavy atom. The molecule has 0 bridgehead atoms. The van der Waals surface area contributed by atoms with E-state index in [0.29, 0.717) is 0 Å². The lowest BCUT2D eigenvalue weighted by molar-refractivity contribution is 0.0963. The number of carbonyl (C=O) groups excluding carboxylic acids is 1. The van der Waals surface area contributed by atoms with Crippen LogP contribution in [0.5, 0.6) is 0 Å². The van der Waals surface area contributed by atoms with Gasteiger partial charge in [-0.25, -0.2) is 4.39 Å². The number of nitrogens with one attached hydrogen (secondary N) is 3. The third-order valence-electron chi connectivity index (χ3n) is 1.81. The van der Waals surface area contributed by atoms with Crippen LogP contribution in [0.2, 0.25) is 0 Å². The minimum Gasteiger partial charge on any atom is -0.355 e. The van der Waals surface area contributed by atoms with Crippen molar-refractivity contribution in [3.63, 3.8) is 0 Å². The van der Waals surface area contributed by atoms with E-state index in [-0.39, 0.29) is 11.3 Å². The normalized spacial score (nSPS) is 10.1. The van der Waals surface area contributed by atoms with Crippen LogP contribution in [0.4, 0.5) is 10.1 Å². The summed E-state index contributed by atoms with van der Waals surface area (Å²) >= 11 is 0. The van der Waals surface area contributed by atoms with Crippen LogP contribution < -0.4 is 10.7 Å². The van der Waals surface area contributed by atoms with Gasteiger partial charge in [0.1, 0.15) is 11.5 Å². The minimum atomic E-state index is -0.580. The second-order valence-electron chi connectivity index (χ2n) is 2.80. The third kappa shape index (κ3) is 2.63. The first-order valence-electron chi connectivity index (χ1n) is 4.49. The van der Waals surface area contributed by atoms with Gasteiger partial charge in [0.05, 0.1) is 11.8 Å². The molecule has 0 aromatic heterocycles. The van der Waals surface area contributed by atoms with Crippen LogP contribution in [0.1, 0.15) is 10.4 Å².